The van der Waals surface area contributed by atoms with Crippen LogP contribution in [0.5, 0.6) is 5.75 Å². The van der Waals surface area contributed by atoms with Gasteiger partial charge in [-0.1, -0.05) is 0 Å². The quantitative estimate of drug-likeness (QED) is 0.590. The highest BCUT2D eigenvalue weighted by atomic mass is 19.4. The summed E-state index contributed by atoms with van der Waals surface area (Å²) in [5, 5.41) is 1.85. The van der Waals surface area contributed by atoms with Crippen LogP contribution in [0, 0.1) is 4.91 Å². The number of hydrogen-bond acceptors (Lipinski definition) is 6. The fourth-order valence-electron chi connectivity index (χ4n) is 2.59. The summed E-state index contributed by atoms with van der Waals surface area (Å²) in [5.41, 5.74) is -4.19. The van der Waals surface area contributed by atoms with E-state index in [2.05, 4.69) is 5.18 Å². The Bertz CT molecular complexity index is 900. The normalized spacial score (nSPS) is 17.7. The molecule has 6 nitrogen and oxygen atoms in total. The van der Waals surface area contributed by atoms with Gasteiger partial charge in [-0.2, -0.15) is 13.2 Å². The van der Waals surface area contributed by atoms with Crippen LogP contribution in [-0.4, -0.2) is 11.9 Å². The predicted molar refractivity (Wildman–Crippen MR) is 72.0 cm³/mol. The smallest absolute Gasteiger partial charge is 0.417 e. The maximum absolute atomic E-state index is 13.2. The zero-order chi connectivity index (χ0) is 16.9. The summed E-state index contributed by atoms with van der Waals surface area (Å²) < 4.78 is 49.6. The Morgan fingerprint density at radius 3 is 2.57 bits per heavy atom. The topological polar surface area (TPSA) is 85.9 Å². The van der Waals surface area contributed by atoms with Crippen molar-refractivity contribution in [3.05, 3.63) is 38.6 Å². The molecule has 0 amide bonds. The molecule has 0 spiro atoms. The summed E-state index contributed by atoms with van der Waals surface area (Å²) in [4.78, 5) is 34.6. The first kappa shape index (κ1) is 15.2. The van der Waals surface area contributed by atoms with Crippen molar-refractivity contribution in [2.45, 2.75) is 25.6 Å². The maximum atomic E-state index is 13.2. The van der Waals surface area contributed by atoms with Crippen molar-refractivity contribution in [2.75, 3.05) is 0 Å². The van der Waals surface area contributed by atoms with Gasteiger partial charge in [0.25, 0.3) is 0 Å². The molecule has 0 radical (unpaired) electrons. The molecule has 1 aromatic carbocycles. The van der Waals surface area contributed by atoms with Gasteiger partial charge in [-0.15, -0.1) is 4.91 Å². The Kier molecular flexibility index (Phi) is 3.24. The molecule has 0 saturated carbocycles. The van der Waals surface area contributed by atoms with E-state index in [4.69, 9.17) is 9.15 Å². The minimum Gasteiger partial charge on any atom is -0.489 e. The second-order valence-corrected chi connectivity index (χ2v) is 5.10. The molecule has 9 heteroatoms. The molecule has 1 aromatic heterocycles. The van der Waals surface area contributed by atoms with E-state index in [0.29, 0.717) is 0 Å². The highest BCUT2D eigenvalue weighted by molar-refractivity contribution is 6.11. The van der Waals surface area contributed by atoms with E-state index in [9.17, 15) is 27.7 Å². The zero-order valence-corrected chi connectivity index (χ0v) is 11.6. The average Bonchev–Trinajstić information content (AvgIpc) is 2.42. The molecule has 1 atom stereocenters. The van der Waals surface area contributed by atoms with Crippen molar-refractivity contribution in [1.29, 1.82) is 0 Å². The number of hydrogen-bond donors (Lipinski definition) is 0. The van der Waals surface area contributed by atoms with Crippen LogP contribution < -0.4 is 10.4 Å². The lowest BCUT2D eigenvalue weighted by molar-refractivity contribution is -0.136. The standard InChI is InChI=1S/C14H8F3NO5/c1-5-2-7(19)12-9(22-5)4-8-11(13(12)18-21)6(14(15,16)17)3-10(20)23-8/h3-5H,2H2,1H3. The number of benzene rings is 1. The predicted octanol–water partition coefficient (Wildman–Crippen LogP) is 3.56. The van der Waals surface area contributed by atoms with E-state index < -0.39 is 45.9 Å². The molecule has 2 aromatic rings. The molecule has 1 unspecified atom stereocenters. The van der Waals surface area contributed by atoms with Crippen LogP contribution in [-0.2, 0) is 6.18 Å². The number of fused-ring (bicyclic) bond motifs is 2. The van der Waals surface area contributed by atoms with E-state index in [1.165, 1.54) is 0 Å². The molecule has 0 aliphatic carbocycles. The second-order valence-electron chi connectivity index (χ2n) is 5.10. The van der Waals surface area contributed by atoms with Crippen LogP contribution in [0.4, 0.5) is 18.9 Å². The monoisotopic (exact) mass is 327 g/mol. The van der Waals surface area contributed by atoms with Crippen molar-refractivity contribution >= 4 is 22.4 Å². The number of alkyl halides is 3. The Morgan fingerprint density at radius 1 is 1.26 bits per heavy atom. The molecule has 120 valence electrons. The highest BCUT2D eigenvalue weighted by Crippen LogP contribution is 2.45. The van der Waals surface area contributed by atoms with E-state index in [1.54, 1.807) is 6.92 Å². The molecule has 3 rings (SSSR count). The number of nitrogens with zero attached hydrogens (tertiary/aromatic N) is 1. The fourth-order valence-corrected chi connectivity index (χ4v) is 2.59. The molecular formula is C14H8F3NO5. The van der Waals surface area contributed by atoms with Gasteiger partial charge in [0.2, 0.25) is 0 Å². The number of ketones is 1. The molecule has 1 aliphatic rings. The third kappa shape index (κ3) is 2.37. The van der Waals surface area contributed by atoms with Crippen LogP contribution in [0.3, 0.4) is 0 Å². The summed E-state index contributed by atoms with van der Waals surface area (Å²) in [5.74, 6) is -0.687. The third-order valence-electron chi connectivity index (χ3n) is 3.45. The number of Topliss-reactive ketones (excluding diaryl/α,β-unsaturated/α-hetero) is 1. The molecule has 2 heterocycles. The van der Waals surface area contributed by atoms with E-state index >= 15 is 0 Å². The van der Waals surface area contributed by atoms with E-state index in [0.717, 1.165) is 6.07 Å². The molecule has 1 aliphatic heterocycles. The number of carbonyl (C=O) groups excluding carboxylic acids is 1. The minimum atomic E-state index is -4.92. The highest BCUT2D eigenvalue weighted by Gasteiger charge is 2.38. The van der Waals surface area contributed by atoms with Gasteiger partial charge in [0.15, 0.2) is 5.78 Å². The van der Waals surface area contributed by atoms with Crippen molar-refractivity contribution < 1.29 is 27.1 Å². The summed E-state index contributed by atoms with van der Waals surface area (Å²) in [6.07, 6.45) is -5.54. The van der Waals surface area contributed by atoms with Crippen molar-refractivity contribution in [2.24, 2.45) is 5.18 Å². The molecule has 0 bridgehead atoms. The molecule has 0 N–H and O–H groups in total. The van der Waals surface area contributed by atoms with Gasteiger partial charge in [-0.05, 0) is 12.1 Å². The zero-order valence-electron chi connectivity index (χ0n) is 11.6. The van der Waals surface area contributed by atoms with E-state index in [-0.39, 0.29) is 23.8 Å². The van der Waals surface area contributed by atoms with E-state index in [1.807, 2.05) is 0 Å². The molecule has 0 fully saturated rings. The van der Waals surface area contributed by atoms with Crippen molar-refractivity contribution in [3.8, 4) is 5.75 Å². The molecule has 23 heavy (non-hydrogen) atoms. The number of rotatable bonds is 1. The fraction of sp³-hybridized carbons (Fsp3) is 0.286. The molecule has 0 saturated heterocycles. The van der Waals surface area contributed by atoms with Gasteiger partial charge in [0.05, 0.1) is 16.5 Å². The second kappa shape index (κ2) is 4.90. The lowest BCUT2D eigenvalue weighted by atomic mass is 9.95. The number of ether oxygens (including phenoxy) is 1. The number of halogens is 3. The van der Waals surface area contributed by atoms with Gasteiger partial charge >= 0.3 is 11.8 Å². The summed E-state index contributed by atoms with van der Waals surface area (Å²) in [6, 6.07) is 1.23. The van der Waals surface area contributed by atoms with Crippen LogP contribution in [0.15, 0.2) is 26.5 Å². The van der Waals surface area contributed by atoms with Crippen LogP contribution in [0.1, 0.15) is 29.3 Å². The van der Waals surface area contributed by atoms with Crippen molar-refractivity contribution in [1.82, 2.24) is 0 Å². The average molecular weight is 327 g/mol. The largest absolute Gasteiger partial charge is 0.489 e. The number of carbonyl (C=O) groups is 1. The lowest BCUT2D eigenvalue weighted by Crippen LogP contribution is -2.24. The van der Waals surface area contributed by atoms with Crippen LogP contribution >= 0.6 is 0 Å². The first-order valence-electron chi connectivity index (χ1n) is 6.47. The van der Waals surface area contributed by atoms with Gasteiger partial charge in [0.1, 0.15) is 23.1 Å². The summed E-state index contributed by atoms with van der Waals surface area (Å²) in [7, 11) is 0. The lowest BCUT2D eigenvalue weighted by Gasteiger charge is -2.23. The first-order valence-corrected chi connectivity index (χ1v) is 6.47. The minimum absolute atomic E-state index is 0.0981. The maximum Gasteiger partial charge on any atom is 0.417 e. The van der Waals surface area contributed by atoms with Gasteiger partial charge in [0, 0.05) is 18.6 Å². The SMILES string of the molecule is CC1CC(=O)c2c(cc3oc(=O)cc(C(F)(F)F)c3c2N=O)O1. The number of nitroso groups, excluding NO2 is 1. The van der Waals surface area contributed by atoms with Crippen molar-refractivity contribution in [3.63, 3.8) is 0 Å². The molecular weight excluding hydrogens is 319 g/mol. The third-order valence-corrected chi connectivity index (χ3v) is 3.45. The Morgan fingerprint density at radius 2 is 1.96 bits per heavy atom. The Balaban J connectivity index is 2.51. The summed E-state index contributed by atoms with van der Waals surface area (Å²) >= 11 is 0. The van der Waals surface area contributed by atoms with Crippen LogP contribution in [0.25, 0.3) is 11.0 Å². The van der Waals surface area contributed by atoms with Gasteiger partial charge < -0.3 is 9.15 Å². The van der Waals surface area contributed by atoms with Crippen LogP contribution in [0.2, 0.25) is 0 Å². The Labute approximate surface area is 125 Å². The summed E-state index contributed by atoms with van der Waals surface area (Å²) in [6.45, 7) is 1.58. The van der Waals surface area contributed by atoms with Gasteiger partial charge in [-0.3, -0.25) is 4.79 Å². The van der Waals surface area contributed by atoms with Gasteiger partial charge in [-0.25, -0.2) is 4.79 Å². The Hall–Kier alpha value is -2.71. The first-order chi connectivity index (χ1) is 10.7.